The summed E-state index contributed by atoms with van der Waals surface area (Å²) in [6.45, 7) is 3.01. The molecule has 2 aromatic rings. The molecule has 0 fully saturated rings. The molecule has 9 heteroatoms. The van der Waals surface area contributed by atoms with E-state index in [1.807, 2.05) is 49.4 Å². The minimum Gasteiger partial charge on any atom is -0.489 e. The third-order valence-electron chi connectivity index (χ3n) is 4.09. The standard InChI is InChI=1S/C21H28ClN3O3S.HI/c1-17(28-20-11-9-19(22)10-12-20)15-25-21(23-2)24-13-6-14-29(26,27)16-18-7-4-3-5-8-18;/h3-5,7-12,17H,6,13-16H2,1-2H3,(H2,23,24,25);1H. The van der Waals surface area contributed by atoms with Crippen LogP contribution in [0.1, 0.15) is 18.9 Å². The van der Waals surface area contributed by atoms with Gasteiger partial charge in [-0.2, -0.15) is 0 Å². The first kappa shape index (κ1) is 26.5. The van der Waals surface area contributed by atoms with Crippen LogP contribution in [0, 0.1) is 0 Å². The van der Waals surface area contributed by atoms with Gasteiger partial charge in [-0.1, -0.05) is 41.9 Å². The summed E-state index contributed by atoms with van der Waals surface area (Å²) in [4.78, 5) is 4.15. The van der Waals surface area contributed by atoms with Gasteiger partial charge in [-0.25, -0.2) is 8.42 Å². The van der Waals surface area contributed by atoms with Gasteiger partial charge in [0.15, 0.2) is 15.8 Å². The van der Waals surface area contributed by atoms with Crippen LogP contribution in [0.15, 0.2) is 59.6 Å². The lowest BCUT2D eigenvalue weighted by molar-refractivity contribution is 0.224. The first-order valence-corrected chi connectivity index (χ1v) is 11.7. The number of rotatable bonds is 10. The molecule has 0 radical (unpaired) electrons. The first-order valence-electron chi connectivity index (χ1n) is 9.49. The molecule has 2 aromatic carbocycles. The molecular formula is C21H29ClIN3O3S. The molecule has 0 saturated carbocycles. The lowest BCUT2D eigenvalue weighted by atomic mass is 10.2. The zero-order valence-corrected chi connectivity index (χ0v) is 21.1. The van der Waals surface area contributed by atoms with Crippen LogP contribution < -0.4 is 15.4 Å². The summed E-state index contributed by atoms with van der Waals surface area (Å²) in [6, 6.07) is 16.4. The average molecular weight is 566 g/mol. The molecule has 0 spiro atoms. The molecule has 1 atom stereocenters. The summed E-state index contributed by atoms with van der Waals surface area (Å²) in [7, 11) is -1.46. The molecule has 2 rings (SSSR count). The lowest BCUT2D eigenvalue weighted by Crippen LogP contribution is -2.42. The van der Waals surface area contributed by atoms with Crippen LogP contribution in [0.5, 0.6) is 5.75 Å². The Labute approximate surface area is 201 Å². The summed E-state index contributed by atoms with van der Waals surface area (Å²) in [5, 5.41) is 6.98. The second-order valence-electron chi connectivity index (χ2n) is 6.69. The van der Waals surface area contributed by atoms with E-state index < -0.39 is 9.84 Å². The van der Waals surface area contributed by atoms with Gasteiger partial charge in [-0.05, 0) is 43.2 Å². The van der Waals surface area contributed by atoms with Gasteiger partial charge < -0.3 is 15.4 Å². The maximum Gasteiger partial charge on any atom is 0.191 e. The largest absolute Gasteiger partial charge is 0.489 e. The quantitative estimate of drug-likeness (QED) is 0.198. The Bertz CT molecular complexity index is 878. The number of guanidine groups is 1. The molecule has 2 N–H and O–H groups in total. The highest BCUT2D eigenvalue weighted by molar-refractivity contribution is 14.0. The maximum atomic E-state index is 12.2. The molecule has 0 aliphatic heterocycles. The molecule has 0 aromatic heterocycles. The summed E-state index contributed by atoms with van der Waals surface area (Å²) < 4.78 is 30.3. The molecule has 0 saturated heterocycles. The van der Waals surface area contributed by atoms with E-state index in [1.54, 1.807) is 19.2 Å². The van der Waals surface area contributed by atoms with Gasteiger partial charge in [0.25, 0.3) is 0 Å². The van der Waals surface area contributed by atoms with Gasteiger partial charge in [-0.3, -0.25) is 4.99 Å². The molecule has 0 bridgehead atoms. The SMILES string of the molecule is CN=C(NCCCS(=O)(=O)Cc1ccccc1)NCC(C)Oc1ccc(Cl)cc1.I. The fourth-order valence-electron chi connectivity index (χ4n) is 2.65. The van der Waals surface area contributed by atoms with Crippen LogP contribution in [0.25, 0.3) is 0 Å². The van der Waals surface area contributed by atoms with Crippen molar-refractivity contribution in [3.63, 3.8) is 0 Å². The smallest absolute Gasteiger partial charge is 0.191 e. The molecule has 0 amide bonds. The topological polar surface area (TPSA) is 79.8 Å². The van der Waals surface area contributed by atoms with E-state index in [-0.39, 0.29) is 41.6 Å². The molecule has 6 nitrogen and oxygen atoms in total. The molecule has 166 valence electrons. The van der Waals surface area contributed by atoms with Crippen LogP contribution in [-0.2, 0) is 15.6 Å². The number of nitrogens with zero attached hydrogens (tertiary/aromatic N) is 1. The van der Waals surface area contributed by atoms with Crippen molar-refractivity contribution in [2.45, 2.75) is 25.2 Å². The Hall–Kier alpha value is -1.52. The molecule has 30 heavy (non-hydrogen) atoms. The first-order chi connectivity index (χ1) is 13.9. The Morgan fingerprint density at radius 3 is 2.40 bits per heavy atom. The van der Waals surface area contributed by atoms with E-state index >= 15 is 0 Å². The van der Waals surface area contributed by atoms with E-state index in [4.69, 9.17) is 16.3 Å². The van der Waals surface area contributed by atoms with Crippen LogP contribution in [-0.4, -0.2) is 46.4 Å². The predicted molar refractivity (Wildman–Crippen MR) is 135 cm³/mol. The normalized spacial score (nSPS) is 12.6. The van der Waals surface area contributed by atoms with Crippen molar-refractivity contribution in [3.8, 4) is 5.75 Å². The number of aliphatic imine (C=N–C) groups is 1. The lowest BCUT2D eigenvalue weighted by Gasteiger charge is -2.17. The van der Waals surface area contributed by atoms with E-state index in [2.05, 4.69) is 15.6 Å². The molecule has 0 aliphatic carbocycles. The second-order valence-corrected chi connectivity index (χ2v) is 9.31. The number of nitrogens with one attached hydrogen (secondary N) is 2. The number of ether oxygens (including phenoxy) is 1. The monoisotopic (exact) mass is 565 g/mol. The van der Waals surface area contributed by atoms with E-state index in [1.165, 1.54) is 0 Å². The number of hydrogen-bond donors (Lipinski definition) is 2. The molecule has 0 heterocycles. The van der Waals surface area contributed by atoms with Crippen molar-refractivity contribution in [1.29, 1.82) is 0 Å². The molecule has 1 unspecified atom stereocenters. The van der Waals surface area contributed by atoms with Gasteiger partial charge in [-0.15, -0.1) is 24.0 Å². The van der Waals surface area contributed by atoms with E-state index in [0.717, 1.165) is 11.3 Å². The molecular weight excluding hydrogens is 537 g/mol. The van der Waals surface area contributed by atoms with Crippen LogP contribution >= 0.6 is 35.6 Å². The van der Waals surface area contributed by atoms with Crippen molar-refractivity contribution in [2.75, 3.05) is 25.9 Å². The average Bonchev–Trinajstić information content (AvgIpc) is 2.69. The van der Waals surface area contributed by atoms with Gasteiger partial charge in [0.1, 0.15) is 11.9 Å². The summed E-state index contributed by atoms with van der Waals surface area (Å²) >= 11 is 5.87. The Kier molecular flexibility index (Phi) is 12.1. The van der Waals surface area contributed by atoms with Gasteiger partial charge in [0.2, 0.25) is 0 Å². The zero-order chi connectivity index (χ0) is 21.1. The minimum atomic E-state index is -3.13. The third-order valence-corrected chi connectivity index (χ3v) is 6.02. The Morgan fingerprint density at radius 1 is 1.10 bits per heavy atom. The predicted octanol–water partition coefficient (Wildman–Crippen LogP) is 3.90. The highest BCUT2D eigenvalue weighted by atomic mass is 127. The fraction of sp³-hybridized carbons (Fsp3) is 0.381. The Balaban J connectivity index is 0.00000450. The summed E-state index contributed by atoms with van der Waals surface area (Å²) in [6.07, 6.45) is 0.424. The third kappa shape index (κ3) is 10.5. The minimum absolute atomic E-state index is 0. The zero-order valence-electron chi connectivity index (χ0n) is 17.2. The fourth-order valence-corrected chi connectivity index (χ4v) is 4.20. The number of halogens is 2. The molecule has 0 aliphatic rings. The van der Waals surface area contributed by atoms with Crippen molar-refractivity contribution < 1.29 is 13.2 Å². The van der Waals surface area contributed by atoms with E-state index in [9.17, 15) is 8.42 Å². The van der Waals surface area contributed by atoms with Gasteiger partial charge >= 0.3 is 0 Å². The van der Waals surface area contributed by atoms with Crippen LogP contribution in [0.3, 0.4) is 0 Å². The Morgan fingerprint density at radius 2 is 1.77 bits per heavy atom. The van der Waals surface area contributed by atoms with Gasteiger partial charge in [0.05, 0.1) is 18.1 Å². The van der Waals surface area contributed by atoms with Crippen molar-refractivity contribution >= 4 is 51.4 Å². The van der Waals surface area contributed by atoms with E-state index in [0.29, 0.717) is 30.5 Å². The highest BCUT2D eigenvalue weighted by Crippen LogP contribution is 2.16. The van der Waals surface area contributed by atoms with Crippen molar-refractivity contribution in [2.24, 2.45) is 4.99 Å². The second kappa shape index (κ2) is 13.7. The number of benzene rings is 2. The summed E-state index contributed by atoms with van der Waals surface area (Å²) in [5.74, 6) is 1.55. The van der Waals surface area contributed by atoms with Crippen LogP contribution in [0.4, 0.5) is 0 Å². The maximum absolute atomic E-state index is 12.2. The highest BCUT2D eigenvalue weighted by Gasteiger charge is 2.12. The van der Waals surface area contributed by atoms with Crippen molar-refractivity contribution in [1.82, 2.24) is 10.6 Å². The van der Waals surface area contributed by atoms with Gasteiger partial charge in [0, 0.05) is 18.6 Å². The van der Waals surface area contributed by atoms with Crippen molar-refractivity contribution in [3.05, 3.63) is 65.2 Å². The van der Waals surface area contributed by atoms with Crippen LogP contribution in [0.2, 0.25) is 5.02 Å². The number of sulfone groups is 1. The number of hydrogen-bond acceptors (Lipinski definition) is 4. The summed E-state index contributed by atoms with van der Waals surface area (Å²) in [5.41, 5.74) is 0.813.